The zero-order chi connectivity index (χ0) is 46.5. The Balaban J connectivity index is 4.53. The van der Waals surface area contributed by atoms with Crippen LogP contribution in [0.5, 0.6) is 0 Å². The molecule has 0 saturated heterocycles. The van der Waals surface area contributed by atoms with Crippen molar-refractivity contribution in [3.05, 3.63) is 122 Å². The average molecular weight is 885 g/mol. The quantitative estimate of drug-likeness (QED) is 0.0199. The molecular weight excluding hydrogens is 793 g/mol. The molecule has 0 aliphatic heterocycles. The molecule has 0 aromatic carbocycles. The minimum Gasteiger partial charge on any atom is -0.462 e. The summed E-state index contributed by atoms with van der Waals surface area (Å²) in [4.78, 5) is 38.0. The number of carbonyl (C=O) groups is 3. The van der Waals surface area contributed by atoms with Gasteiger partial charge in [0.05, 0.1) is 0 Å². The fraction of sp³-hybridized carbons (Fsp3) is 0.603. The van der Waals surface area contributed by atoms with Crippen LogP contribution in [0.3, 0.4) is 0 Å². The van der Waals surface area contributed by atoms with Gasteiger partial charge in [-0.25, -0.2) is 0 Å². The first kappa shape index (κ1) is 59.8. The second-order valence-corrected chi connectivity index (χ2v) is 16.6. The van der Waals surface area contributed by atoms with E-state index in [-0.39, 0.29) is 37.5 Å². The number of hydrogen-bond acceptors (Lipinski definition) is 6. The number of hydrogen-bond donors (Lipinski definition) is 0. The maximum absolute atomic E-state index is 12.8. The highest BCUT2D eigenvalue weighted by Gasteiger charge is 2.19. The third-order valence-electron chi connectivity index (χ3n) is 10.4. The van der Waals surface area contributed by atoms with Gasteiger partial charge in [-0.1, -0.05) is 226 Å². The molecule has 0 bridgehead atoms. The number of esters is 3. The Morgan fingerprint density at radius 1 is 0.328 bits per heavy atom. The molecule has 0 aromatic heterocycles. The highest BCUT2D eigenvalue weighted by Crippen LogP contribution is 2.13. The van der Waals surface area contributed by atoms with Gasteiger partial charge in [0.2, 0.25) is 0 Å². The Kier molecular flexibility index (Phi) is 48.1. The topological polar surface area (TPSA) is 78.9 Å². The summed E-state index contributed by atoms with van der Waals surface area (Å²) in [6, 6.07) is 0. The van der Waals surface area contributed by atoms with Crippen LogP contribution in [0.25, 0.3) is 0 Å². The smallest absolute Gasteiger partial charge is 0.306 e. The predicted molar refractivity (Wildman–Crippen MR) is 274 cm³/mol. The van der Waals surface area contributed by atoms with Crippen LogP contribution in [0, 0.1) is 0 Å². The molecule has 0 amide bonds. The maximum atomic E-state index is 12.8. The predicted octanol–water partition coefficient (Wildman–Crippen LogP) is 16.9. The SMILES string of the molecule is CC\C=C/C=C\C=C/C=C\CCCCCCCC(=O)OC(COC(=O)CCCCC/C=C\CCCCCCCC)COC(=O)CCCCCCC\C=C/C=C\C=C/C=C\C=C/CCC. The lowest BCUT2D eigenvalue weighted by Gasteiger charge is -2.18. The van der Waals surface area contributed by atoms with E-state index in [4.69, 9.17) is 14.2 Å². The summed E-state index contributed by atoms with van der Waals surface area (Å²) in [5.41, 5.74) is 0. The molecule has 360 valence electrons. The van der Waals surface area contributed by atoms with Crippen molar-refractivity contribution in [3.8, 4) is 0 Å². The highest BCUT2D eigenvalue weighted by atomic mass is 16.6. The van der Waals surface area contributed by atoms with Crippen molar-refractivity contribution < 1.29 is 28.6 Å². The van der Waals surface area contributed by atoms with E-state index in [9.17, 15) is 14.4 Å². The number of allylic oxidation sites excluding steroid dienone is 20. The summed E-state index contributed by atoms with van der Waals surface area (Å²) in [5, 5.41) is 0. The summed E-state index contributed by atoms with van der Waals surface area (Å²) in [6.45, 7) is 6.33. The number of ether oxygens (including phenoxy) is 3. The van der Waals surface area contributed by atoms with E-state index in [2.05, 4.69) is 81.5 Å². The molecule has 6 nitrogen and oxygen atoms in total. The molecule has 1 unspecified atom stereocenters. The van der Waals surface area contributed by atoms with Crippen molar-refractivity contribution in [2.24, 2.45) is 0 Å². The van der Waals surface area contributed by atoms with Crippen molar-refractivity contribution in [2.75, 3.05) is 13.2 Å². The zero-order valence-corrected chi connectivity index (χ0v) is 41.0. The zero-order valence-electron chi connectivity index (χ0n) is 41.0. The summed E-state index contributed by atoms with van der Waals surface area (Å²) < 4.78 is 16.7. The van der Waals surface area contributed by atoms with Gasteiger partial charge in [0.1, 0.15) is 13.2 Å². The lowest BCUT2D eigenvalue weighted by Crippen LogP contribution is -2.30. The van der Waals surface area contributed by atoms with E-state index < -0.39 is 6.10 Å². The van der Waals surface area contributed by atoms with Crippen LogP contribution in [0.2, 0.25) is 0 Å². The van der Waals surface area contributed by atoms with Gasteiger partial charge in [-0.2, -0.15) is 0 Å². The molecule has 0 aliphatic carbocycles. The molecule has 1 atom stereocenters. The Morgan fingerprint density at radius 3 is 1.08 bits per heavy atom. The molecule has 0 aliphatic rings. The molecule has 0 saturated carbocycles. The van der Waals surface area contributed by atoms with E-state index in [1.807, 2.05) is 60.8 Å². The molecule has 0 radical (unpaired) electrons. The first-order valence-corrected chi connectivity index (χ1v) is 25.7. The fourth-order valence-corrected chi connectivity index (χ4v) is 6.53. The largest absolute Gasteiger partial charge is 0.462 e. The molecule has 0 rings (SSSR count). The maximum Gasteiger partial charge on any atom is 0.306 e. The summed E-state index contributed by atoms with van der Waals surface area (Å²) in [6.07, 6.45) is 70.3. The van der Waals surface area contributed by atoms with Crippen molar-refractivity contribution in [1.29, 1.82) is 0 Å². The Labute approximate surface area is 392 Å². The van der Waals surface area contributed by atoms with Gasteiger partial charge >= 0.3 is 17.9 Å². The van der Waals surface area contributed by atoms with Crippen LogP contribution in [-0.4, -0.2) is 37.2 Å². The number of rotatable bonds is 44. The standard InChI is InChI=1S/C58H92O6/c1-4-7-10-13-16-19-22-25-27-28-29-31-33-36-39-42-45-48-51-57(60)63-54-55(53-62-56(59)50-47-44-41-38-35-32-24-21-18-15-12-9-6-3)64-58(61)52-49-46-43-40-37-34-30-26-23-20-17-14-11-8-5-2/h8,10-11,13-14,16-17,19-20,22-23,25-32,35,55H,4-7,9,12,15,18,21,24,33-34,36-54H2,1-3H3/b11-8-,13-10-,17-14-,19-16-,23-20-,25-22-,28-27-,30-26-,31-29-,35-32-. The molecule has 0 aromatic rings. The van der Waals surface area contributed by atoms with Gasteiger partial charge in [0, 0.05) is 19.3 Å². The number of carbonyl (C=O) groups excluding carboxylic acids is 3. The number of unbranched alkanes of at least 4 members (excludes halogenated alkanes) is 20. The molecule has 6 heteroatoms. The summed E-state index contributed by atoms with van der Waals surface area (Å²) >= 11 is 0. The van der Waals surface area contributed by atoms with Crippen molar-refractivity contribution in [2.45, 2.75) is 213 Å². The monoisotopic (exact) mass is 885 g/mol. The van der Waals surface area contributed by atoms with Crippen LogP contribution in [0.15, 0.2) is 122 Å². The van der Waals surface area contributed by atoms with Gasteiger partial charge < -0.3 is 14.2 Å². The van der Waals surface area contributed by atoms with Gasteiger partial charge in [-0.15, -0.1) is 0 Å². The van der Waals surface area contributed by atoms with Crippen LogP contribution >= 0.6 is 0 Å². The van der Waals surface area contributed by atoms with Crippen LogP contribution < -0.4 is 0 Å². The van der Waals surface area contributed by atoms with Crippen LogP contribution in [0.4, 0.5) is 0 Å². The Hall–Kier alpha value is -4.19. The molecule has 64 heavy (non-hydrogen) atoms. The molecule has 0 heterocycles. The second-order valence-electron chi connectivity index (χ2n) is 16.6. The third kappa shape index (κ3) is 48.8. The van der Waals surface area contributed by atoms with Crippen molar-refractivity contribution in [1.82, 2.24) is 0 Å². The fourth-order valence-electron chi connectivity index (χ4n) is 6.53. The molecule has 0 N–H and O–H groups in total. The third-order valence-corrected chi connectivity index (χ3v) is 10.4. The van der Waals surface area contributed by atoms with E-state index in [0.717, 1.165) is 122 Å². The van der Waals surface area contributed by atoms with E-state index in [0.29, 0.717) is 12.8 Å². The lowest BCUT2D eigenvalue weighted by molar-refractivity contribution is -0.167. The lowest BCUT2D eigenvalue weighted by atomic mass is 10.1. The minimum absolute atomic E-state index is 0.108. The molecular formula is C58H92O6. The first-order valence-electron chi connectivity index (χ1n) is 25.7. The van der Waals surface area contributed by atoms with Gasteiger partial charge in [0.15, 0.2) is 6.10 Å². The Morgan fingerprint density at radius 2 is 0.656 bits per heavy atom. The minimum atomic E-state index is -0.810. The van der Waals surface area contributed by atoms with Crippen molar-refractivity contribution in [3.63, 3.8) is 0 Å². The molecule has 0 spiro atoms. The summed E-state index contributed by atoms with van der Waals surface area (Å²) in [5.74, 6) is -0.979. The van der Waals surface area contributed by atoms with Gasteiger partial charge in [0.25, 0.3) is 0 Å². The van der Waals surface area contributed by atoms with Crippen LogP contribution in [-0.2, 0) is 28.6 Å². The van der Waals surface area contributed by atoms with E-state index >= 15 is 0 Å². The van der Waals surface area contributed by atoms with E-state index in [1.165, 1.54) is 44.9 Å². The van der Waals surface area contributed by atoms with Crippen molar-refractivity contribution >= 4 is 17.9 Å². The highest BCUT2D eigenvalue weighted by molar-refractivity contribution is 5.71. The first-order chi connectivity index (χ1) is 31.5. The Bertz CT molecular complexity index is 1390. The van der Waals surface area contributed by atoms with Gasteiger partial charge in [-0.05, 0) is 83.5 Å². The molecule has 0 fully saturated rings. The second kappa shape index (κ2) is 51.4. The van der Waals surface area contributed by atoms with Crippen LogP contribution in [0.1, 0.15) is 207 Å². The van der Waals surface area contributed by atoms with E-state index in [1.54, 1.807) is 0 Å². The normalized spacial score (nSPS) is 13.1. The average Bonchev–Trinajstić information content (AvgIpc) is 3.29. The summed E-state index contributed by atoms with van der Waals surface area (Å²) in [7, 11) is 0. The van der Waals surface area contributed by atoms with Gasteiger partial charge in [-0.3, -0.25) is 14.4 Å².